The molecule has 2 aromatic rings. The predicted octanol–water partition coefficient (Wildman–Crippen LogP) is 3.83. The van der Waals surface area contributed by atoms with E-state index in [4.69, 9.17) is 9.47 Å². The second-order valence-electron chi connectivity index (χ2n) is 5.91. The van der Waals surface area contributed by atoms with Crippen molar-refractivity contribution < 1.29 is 14.3 Å². The number of hydrogen-bond acceptors (Lipinski definition) is 3. The third-order valence-corrected chi connectivity index (χ3v) is 4.25. The topological polar surface area (TPSA) is 38.8 Å². The molecule has 4 nitrogen and oxygen atoms in total. The molecule has 0 fully saturated rings. The van der Waals surface area contributed by atoms with E-state index in [0.29, 0.717) is 13.0 Å². The van der Waals surface area contributed by atoms with Crippen LogP contribution in [0.15, 0.2) is 48.5 Å². The number of benzene rings is 2. The number of carbonyl (C=O) groups excluding carboxylic acids is 1. The Morgan fingerprint density at radius 3 is 2.75 bits per heavy atom. The van der Waals surface area contributed by atoms with E-state index in [1.165, 1.54) is 5.56 Å². The summed E-state index contributed by atoms with van der Waals surface area (Å²) in [5.74, 6) is 1.86. The smallest absolute Gasteiger partial charge is 0.227 e. The Morgan fingerprint density at radius 1 is 1.12 bits per heavy atom. The van der Waals surface area contributed by atoms with Crippen molar-refractivity contribution in [3.63, 3.8) is 0 Å². The third-order valence-electron chi connectivity index (χ3n) is 4.25. The summed E-state index contributed by atoms with van der Waals surface area (Å²) in [5, 5.41) is 0. The third kappa shape index (κ3) is 3.88. The Labute approximate surface area is 143 Å². The molecule has 1 amide bonds. The number of anilines is 1. The maximum absolute atomic E-state index is 12.6. The summed E-state index contributed by atoms with van der Waals surface area (Å²) < 4.78 is 10.9. The van der Waals surface area contributed by atoms with Crippen molar-refractivity contribution in [2.24, 2.45) is 0 Å². The fraction of sp³-hybridized carbons (Fsp3) is 0.350. The summed E-state index contributed by atoms with van der Waals surface area (Å²) in [4.78, 5) is 14.5. The van der Waals surface area contributed by atoms with Gasteiger partial charge < -0.3 is 14.4 Å². The minimum Gasteiger partial charge on any atom is -0.497 e. The molecule has 0 aromatic heterocycles. The number of hydrogen-bond donors (Lipinski definition) is 0. The summed E-state index contributed by atoms with van der Waals surface area (Å²) in [6.45, 7) is 1.34. The highest BCUT2D eigenvalue weighted by Crippen LogP contribution is 2.31. The molecular formula is C20H23NO3. The van der Waals surface area contributed by atoms with Gasteiger partial charge in [0.15, 0.2) is 0 Å². The summed E-state index contributed by atoms with van der Waals surface area (Å²) in [7, 11) is 1.67. The number of ether oxygens (including phenoxy) is 2. The molecule has 1 aliphatic rings. The molecule has 0 atom stereocenters. The van der Waals surface area contributed by atoms with Crippen molar-refractivity contribution >= 4 is 11.6 Å². The number of carbonyl (C=O) groups is 1. The van der Waals surface area contributed by atoms with Crippen LogP contribution in [0.1, 0.15) is 24.8 Å². The van der Waals surface area contributed by atoms with Gasteiger partial charge in [-0.05, 0) is 55.2 Å². The maximum atomic E-state index is 12.6. The van der Waals surface area contributed by atoms with Gasteiger partial charge in [-0.3, -0.25) is 4.79 Å². The highest BCUT2D eigenvalue weighted by molar-refractivity contribution is 5.94. The number of para-hydroxylation sites is 1. The summed E-state index contributed by atoms with van der Waals surface area (Å²) in [6, 6.07) is 15.6. The van der Waals surface area contributed by atoms with Gasteiger partial charge in [-0.15, -0.1) is 0 Å². The lowest BCUT2D eigenvalue weighted by molar-refractivity contribution is -0.118. The lowest BCUT2D eigenvalue weighted by atomic mass is 10.0. The van der Waals surface area contributed by atoms with E-state index < -0.39 is 0 Å². The molecule has 1 aliphatic heterocycles. The second-order valence-corrected chi connectivity index (χ2v) is 5.91. The minimum absolute atomic E-state index is 0.165. The molecule has 24 heavy (non-hydrogen) atoms. The van der Waals surface area contributed by atoms with Gasteiger partial charge in [0.1, 0.15) is 11.5 Å². The van der Waals surface area contributed by atoms with Crippen molar-refractivity contribution in [1.29, 1.82) is 0 Å². The first kappa shape index (κ1) is 16.4. The van der Waals surface area contributed by atoms with Gasteiger partial charge >= 0.3 is 0 Å². The van der Waals surface area contributed by atoms with Crippen LogP contribution in [-0.2, 0) is 11.2 Å². The fourth-order valence-electron chi connectivity index (χ4n) is 3.02. The monoisotopic (exact) mass is 325 g/mol. The SMILES string of the molecule is COc1ccc2c(c1)CCCN2C(=O)CCCOc1ccccc1. The maximum Gasteiger partial charge on any atom is 0.227 e. The van der Waals surface area contributed by atoms with Crippen LogP contribution >= 0.6 is 0 Å². The van der Waals surface area contributed by atoms with Crippen LogP contribution in [0.25, 0.3) is 0 Å². The Hall–Kier alpha value is -2.49. The molecule has 0 saturated heterocycles. The first-order valence-electron chi connectivity index (χ1n) is 8.43. The number of amides is 1. The highest BCUT2D eigenvalue weighted by Gasteiger charge is 2.22. The Bertz CT molecular complexity index is 685. The number of nitrogens with zero attached hydrogens (tertiary/aromatic N) is 1. The van der Waals surface area contributed by atoms with Gasteiger partial charge in [0.05, 0.1) is 13.7 Å². The van der Waals surface area contributed by atoms with Crippen LogP contribution < -0.4 is 14.4 Å². The molecule has 126 valence electrons. The Balaban J connectivity index is 1.54. The minimum atomic E-state index is 0.165. The van der Waals surface area contributed by atoms with E-state index in [9.17, 15) is 4.79 Å². The molecule has 0 radical (unpaired) electrons. The number of fused-ring (bicyclic) bond motifs is 1. The van der Waals surface area contributed by atoms with Gasteiger partial charge in [0.25, 0.3) is 0 Å². The Morgan fingerprint density at radius 2 is 1.96 bits per heavy atom. The first-order chi connectivity index (χ1) is 11.8. The molecule has 0 spiro atoms. The molecule has 0 saturated carbocycles. The van der Waals surface area contributed by atoms with E-state index in [2.05, 4.69) is 0 Å². The van der Waals surface area contributed by atoms with Crippen LogP contribution in [0, 0.1) is 0 Å². The van der Waals surface area contributed by atoms with Crippen LogP contribution in [-0.4, -0.2) is 26.2 Å². The predicted molar refractivity (Wildman–Crippen MR) is 94.8 cm³/mol. The van der Waals surface area contributed by atoms with Crippen molar-refractivity contribution in [3.8, 4) is 11.5 Å². The quantitative estimate of drug-likeness (QED) is 0.758. The van der Waals surface area contributed by atoms with E-state index in [1.54, 1.807) is 7.11 Å². The Kier molecular flexibility index (Phi) is 5.36. The van der Waals surface area contributed by atoms with Crippen molar-refractivity contribution in [2.75, 3.05) is 25.2 Å². The van der Waals surface area contributed by atoms with Gasteiger partial charge in [0, 0.05) is 18.7 Å². The number of aryl methyl sites for hydroxylation is 1. The molecule has 0 aliphatic carbocycles. The van der Waals surface area contributed by atoms with Crippen molar-refractivity contribution in [3.05, 3.63) is 54.1 Å². The van der Waals surface area contributed by atoms with Crippen molar-refractivity contribution in [2.45, 2.75) is 25.7 Å². The molecule has 1 heterocycles. The van der Waals surface area contributed by atoms with Crippen LogP contribution in [0.4, 0.5) is 5.69 Å². The second kappa shape index (κ2) is 7.86. The number of rotatable bonds is 6. The summed E-state index contributed by atoms with van der Waals surface area (Å²) in [6.07, 6.45) is 3.20. The molecule has 2 aromatic carbocycles. The normalized spacial score (nSPS) is 13.3. The van der Waals surface area contributed by atoms with Gasteiger partial charge in [0.2, 0.25) is 5.91 Å². The average Bonchev–Trinajstić information content (AvgIpc) is 2.65. The van der Waals surface area contributed by atoms with Gasteiger partial charge in [-0.25, -0.2) is 0 Å². The first-order valence-corrected chi connectivity index (χ1v) is 8.43. The van der Waals surface area contributed by atoms with E-state index >= 15 is 0 Å². The molecule has 0 N–H and O–H groups in total. The van der Waals surface area contributed by atoms with Crippen LogP contribution in [0.5, 0.6) is 11.5 Å². The fourth-order valence-corrected chi connectivity index (χ4v) is 3.02. The summed E-state index contributed by atoms with van der Waals surface area (Å²) >= 11 is 0. The van der Waals surface area contributed by atoms with Crippen LogP contribution in [0.2, 0.25) is 0 Å². The highest BCUT2D eigenvalue weighted by atomic mass is 16.5. The lowest BCUT2D eigenvalue weighted by Crippen LogP contribution is -2.35. The average molecular weight is 325 g/mol. The van der Waals surface area contributed by atoms with E-state index in [1.807, 2.05) is 53.4 Å². The number of methoxy groups -OCH3 is 1. The molecule has 0 bridgehead atoms. The molecule has 3 rings (SSSR count). The molecular weight excluding hydrogens is 302 g/mol. The van der Waals surface area contributed by atoms with E-state index in [0.717, 1.165) is 43.0 Å². The van der Waals surface area contributed by atoms with Crippen LogP contribution in [0.3, 0.4) is 0 Å². The van der Waals surface area contributed by atoms with Gasteiger partial charge in [-0.2, -0.15) is 0 Å². The zero-order valence-corrected chi connectivity index (χ0v) is 14.0. The molecule has 4 heteroatoms. The molecule has 0 unspecified atom stereocenters. The van der Waals surface area contributed by atoms with Gasteiger partial charge in [-0.1, -0.05) is 18.2 Å². The largest absolute Gasteiger partial charge is 0.497 e. The van der Waals surface area contributed by atoms with E-state index in [-0.39, 0.29) is 5.91 Å². The zero-order valence-electron chi connectivity index (χ0n) is 14.0. The summed E-state index contributed by atoms with van der Waals surface area (Å²) in [5.41, 5.74) is 2.21. The standard InChI is InChI=1S/C20H23NO3/c1-23-18-11-12-19-16(15-18)7-5-13-21(19)20(22)10-6-14-24-17-8-3-2-4-9-17/h2-4,8-9,11-12,15H,5-7,10,13-14H2,1H3. The lowest BCUT2D eigenvalue weighted by Gasteiger charge is -2.30. The van der Waals surface area contributed by atoms with Crippen molar-refractivity contribution in [1.82, 2.24) is 0 Å². The zero-order chi connectivity index (χ0) is 16.8.